The molecule has 3 heteroatoms. The van der Waals surface area contributed by atoms with Crippen molar-refractivity contribution >= 4 is 0 Å². The molecule has 0 aromatic heterocycles. The first-order valence-corrected chi connectivity index (χ1v) is 7.35. The lowest BCUT2D eigenvalue weighted by Gasteiger charge is -2.25. The number of rotatable bonds is 3. The van der Waals surface area contributed by atoms with Gasteiger partial charge in [0, 0.05) is 12.5 Å². The molecular weight excluding hydrogens is 238 g/mol. The molecule has 0 radical (unpaired) electrons. The fraction of sp³-hybridized carbons (Fsp3) is 0.625. The first-order chi connectivity index (χ1) is 9.38. The third kappa shape index (κ3) is 2.77. The summed E-state index contributed by atoms with van der Waals surface area (Å²) in [5.74, 6) is 2.26. The Morgan fingerprint density at radius 2 is 2.00 bits per heavy atom. The van der Waals surface area contributed by atoms with Gasteiger partial charge in [0.15, 0.2) is 0 Å². The molecule has 1 aromatic rings. The van der Waals surface area contributed by atoms with E-state index in [1.165, 1.54) is 24.0 Å². The minimum absolute atomic E-state index is 0.575. The average molecular weight is 261 g/mol. The molecule has 3 rings (SSSR count). The Morgan fingerprint density at radius 1 is 1.16 bits per heavy atom. The monoisotopic (exact) mass is 261 g/mol. The zero-order valence-electron chi connectivity index (χ0n) is 11.7. The quantitative estimate of drug-likeness (QED) is 0.907. The number of nitrogens with one attached hydrogen (secondary N) is 1. The van der Waals surface area contributed by atoms with Gasteiger partial charge in [0.25, 0.3) is 0 Å². The molecule has 3 nitrogen and oxygen atoms in total. The van der Waals surface area contributed by atoms with Crippen molar-refractivity contribution in [3.63, 3.8) is 0 Å². The third-order valence-electron chi connectivity index (χ3n) is 4.43. The van der Waals surface area contributed by atoms with Gasteiger partial charge in [-0.15, -0.1) is 0 Å². The highest BCUT2D eigenvalue weighted by atomic mass is 16.5. The minimum atomic E-state index is 0.575. The van der Waals surface area contributed by atoms with Crippen molar-refractivity contribution < 1.29 is 9.47 Å². The molecular formula is C16H23NO2. The summed E-state index contributed by atoms with van der Waals surface area (Å²) < 4.78 is 11.1. The Balaban J connectivity index is 1.87. The lowest BCUT2D eigenvalue weighted by atomic mass is 9.86. The number of piperidine rings is 1. The maximum absolute atomic E-state index is 5.56. The second kappa shape index (κ2) is 5.93. The van der Waals surface area contributed by atoms with Crippen LogP contribution >= 0.6 is 0 Å². The molecule has 2 aliphatic rings. The van der Waals surface area contributed by atoms with Gasteiger partial charge in [-0.1, -0.05) is 12.1 Å². The Labute approximate surface area is 115 Å². The van der Waals surface area contributed by atoms with E-state index in [9.17, 15) is 0 Å². The second-order valence-corrected chi connectivity index (χ2v) is 5.59. The fourth-order valence-electron chi connectivity index (χ4n) is 3.26. The normalized spacial score (nSPS) is 24.6. The van der Waals surface area contributed by atoms with Gasteiger partial charge in [-0.2, -0.15) is 0 Å². The van der Waals surface area contributed by atoms with Crippen LogP contribution in [0.5, 0.6) is 5.75 Å². The van der Waals surface area contributed by atoms with Crippen molar-refractivity contribution in [1.82, 2.24) is 5.32 Å². The molecule has 2 aliphatic heterocycles. The van der Waals surface area contributed by atoms with Gasteiger partial charge in [-0.3, -0.25) is 0 Å². The summed E-state index contributed by atoms with van der Waals surface area (Å²) in [6.45, 7) is 4.01. The van der Waals surface area contributed by atoms with Crippen molar-refractivity contribution in [2.45, 2.75) is 31.1 Å². The van der Waals surface area contributed by atoms with Gasteiger partial charge in [0.2, 0.25) is 0 Å². The molecule has 0 aliphatic carbocycles. The number of benzene rings is 1. The maximum atomic E-state index is 5.56. The third-order valence-corrected chi connectivity index (χ3v) is 4.43. The summed E-state index contributed by atoms with van der Waals surface area (Å²) in [6.07, 6.45) is 3.57. The van der Waals surface area contributed by atoms with Crippen molar-refractivity contribution in [2.75, 3.05) is 33.4 Å². The smallest absolute Gasteiger partial charge is 0.122 e. The summed E-state index contributed by atoms with van der Waals surface area (Å²) >= 11 is 0. The van der Waals surface area contributed by atoms with Crippen molar-refractivity contribution in [3.05, 3.63) is 29.3 Å². The van der Waals surface area contributed by atoms with Gasteiger partial charge >= 0.3 is 0 Å². The molecule has 2 heterocycles. The summed E-state index contributed by atoms with van der Waals surface area (Å²) in [4.78, 5) is 0. The molecule has 1 unspecified atom stereocenters. The number of hydrogen-bond acceptors (Lipinski definition) is 3. The van der Waals surface area contributed by atoms with Crippen LogP contribution in [-0.4, -0.2) is 33.4 Å². The first kappa shape index (κ1) is 12.9. The van der Waals surface area contributed by atoms with Crippen LogP contribution in [0, 0.1) is 0 Å². The highest BCUT2D eigenvalue weighted by Gasteiger charge is 2.23. The molecule has 0 saturated carbocycles. The summed E-state index contributed by atoms with van der Waals surface area (Å²) in [6, 6.07) is 6.72. The zero-order valence-corrected chi connectivity index (χ0v) is 11.7. The molecule has 1 N–H and O–H groups in total. The number of methoxy groups -OCH3 is 1. The molecule has 0 bridgehead atoms. The Morgan fingerprint density at radius 3 is 2.68 bits per heavy atom. The van der Waals surface area contributed by atoms with Crippen LogP contribution in [0.2, 0.25) is 0 Å². The number of ether oxygens (including phenoxy) is 2. The SMILES string of the molecule is COc1ccc(C2CCOC2)cc1C1CCNCC1. The molecule has 2 fully saturated rings. The largest absolute Gasteiger partial charge is 0.496 e. The minimum Gasteiger partial charge on any atom is -0.496 e. The van der Waals surface area contributed by atoms with Crippen LogP contribution in [0.3, 0.4) is 0 Å². The summed E-state index contributed by atoms with van der Waals surface area (Å²) in [5.41, 5.74) is 2.82. The van der Waals surface area contributed by atoms with E-state index in [0.717, 1.165) is 38.5 Å². The molecule has 2 saturated heterocycles. The Bertz CT molecular complexity index is 421. The molecule has 1 atom stereocenters. The van der Waals surface area contributed by atoms with E-state index in [1.807, 2.05) is 0 Å². The second-order valence-electron chi connectivity index (χ2n) is 5.59. The lowest BCUT2D eigenvalue weighted by Crippen LogP contribution is -2.26. The van der Waals surface area contributed by atoms with Crippen LogP contribution in [0.1, 0.15) is 42.2 Å². The van der Waals surface area contributed by atoms with Gasteiger partial charge in [-0.25, -0.2) is 0 Å². The van der Waals surface area contributed by atoms with E-state index in [1.54, 1.807) is 7.11 Å². The predicted molar refractivity (Wildman–Crippen MR) is 76.0 cm³/mol. The van der Waals surface area contributed by atoms with E-state index in [2.05, 4.69) is 23.5 Å². The highest BCUT2D eigenvalue weighted by Crippen LogP contribution is 2.36. The summed E-state index contributed by atoms with van der Waals surface area (Å²) in [7, 11) is 1.78. The first-order valence-electron chi connectivity index (χ1n) is 7.35. The molecule has 0 spiro atoms. The molecule has 1 aromatic carbocycles. The maximum Gasteiger partial charge on any atom is 0.122 e. The van der Waals surface area contributed by atoms with Crippen molar-refractivity contribution in [2.24, 2.45) is 0 Å². The van der Waals surface area contributed by atoms with Crippen LogP contribution in [0.25, 0.3) is 0 Å². The molecule has 19 heavy (non-hydrogen) atoms. The van der Waals surface area contributed by atoms with Gasteiger partial charge in [-0.05, 0) is 55.5 Å². The average Bonchev–Trinajstić information content (AvgIpc) is 3.02. The van der Waals surface area contributed by atoms with E-state index in [4.69, 9.17) is 9.47 Å². The standard InChI is InChI=1S/C16H23NO2/c1-18-16-3-2-13(14-6-9-19-11-14)10-15(16)12-4-7-17-8-5-12/h2-3,10,12,14,17H,4-9,11H2,1H3. The van der Waals surface area contributed by atoms with Gasteiger partial charge < -0.3 is 14.8 Å². The fourth-order valence-corrected chi connectivity index (χ4v) is 3.26. The van der Waals surface area contributed by atoms with E-state index >= 15 is 0 Å². The topological polar surface area (TPSA) is 30.5 Å². The van der Waals surface area contributed by atoms with Gasteiger partial charge in [0.05, 0.1) is 13.7 Å². The number of hydrogen-bond donors (Lipinski definition) is 1. The van der Waals surface area contributed by atoms with Gasteiger partial charge in [0.1, 0.15) is 5.75 Å². The summed E-state index contributed by atoms with van der Waals surface area (Å²) in [5, 5.41) is 3.43. The predicted octanol–water partition coefficient (Wildman–Crippen LogP) is 2.67. The zero-order chi connectivity index (χ0) is 13.1. The van der Waals surface area contributed by atoms with Crippen LogP contribution in [0.15, 0.2) is 18.2 Å². The van der Waals surface area contributed by atoms with Crippen molar-refractivity contribution in [3.8, 4) is 5.75 Å². The Kier molecular flexibility index (Phi) is 4.04. The molecule has 0 amide bonds. The van der Waals surface area contributed by atoms with Crippen LogP contribution < -0.4 is 10.1 Å². The molecule has 104 valence electrons. The van der Waals surface area contributed by atoms with Crippen molar-refractivity contribution in [1.29, 1.82) is 0 Å². The Hall–Kier alpha value is -1.06. The van der Waals surface area contributed by atoms with E-state index in [-0.39, 0.29) is 0 Å². The van der Waals surface area contributed by atoms with Crippen LogP contribution in [-0.2, 0) is 4.74 Å². The van der Waals surface area contributed by atoms with E-state index < -0.39 is 0 Å². The lowest BCUT2D eigenvalue weighted by molar-refractivity contribution is 0.194. The highest BCUT2D eigenvalue weighted by molar-refractivity contribution is 5.41. The van der Waals surface area contributed by atoms with E-state index in [0.29, 0.717) is 11.8 Å². The van der Waals surface area contributed by atoms with Crippen LogP contribution in [0.4, 0.5) is 0 Å².